The van der Waals surface area contributed by atoms with Crippen molar-refractivity contribution >= 4 is 33.2 Å². The molecule has 1 aromatic carbocycles. The molecule has 3 N–H and O–H groups in total. The molecule has 1 aliphatic rings. The number of aliphatic hydroxyl groups excluding tert-OH is 2. The van der Waals surface area contributed by atoms with E-state index in [1.165, 1.54) is 18.5 Å². The van der Waals surface area contributed by atoms with Crippen LogP contribution in [0, 0.1) is 5.92 Å². The second kappa shape index (κ2) is 11.2. The minimum atomic E-state index is -3.48. The van der Waals surface area contributed by atoms with Gasteiger partial charge in [-0.05, 0) is 30.0 Å². The number of carbonyl (C=O) groups excluding carboxylic acids is 1. The molecule has 1 aliphatic carbocycles. The van der Waals surface area contributed by atoms with E-state index in [0.717, 1.165) is 31.9 Å². The number of anilines is 1. The van der Waals surface area contributed by atoms with Crippen LogP contribution in [0.3, 0.4) is 0 Å². The molecule has 9 nitrogen and oxygen atoms in total. The van der Waals surface area contributed by atoms with Crippen LogP contribution in [0.5, 0.6) is 5.88 Å². The summed E-state index contributed by atoms with van der Waals surface area (Å²) in [7, 11) is -3.48. The summed E-state index contributed by atoms with van der Waals surface area (Å²) in [5, 5.41) is 21.0. The maximum absolute atomic E-state index is 13.2. The minimum Gasteiger partial charge on any atom is -0.474 e. The van der Waals surface area contributed by atoms with E-state index in [1.54, 1.807) is 12.1 Å². The number of hydrogen-bond acceptors (Lipinski definition) is 8. The van der Waals surface area contributed by atoms with E-state index >= 15 is 0 Å². The highest BCUT2D eigenvalue weighted by Gasteiger charge is 2.28. The third-order valence-electron chi connectivity index (χ3n) is 5.63. The van der Waals surface area contributed by atoms with E-state index in [2.05, 4.69) is 15.3 Å². The van der Waals surface area contributed by atoms with Crippen LogP contribution < -0.4 is 10.1 Å². The Morgan fingerprint density at radius 3 is 2.58 bits per heavy atom. The van der Waals surface area contributed by atoms with Gasteiger partial charge in [0.05, 0.1) is 34.8 Å². The molecule has 1 fully saturated rings. The molecule has 0 spiro atoms. The zero-order valence-electron chi connectivity index (χ0n) is 18.3. The lowest BCUT2D eigenvalue weighted by atomic mass is 9.87. The van der Waals surface area contributed by atoms with E-state index in [0.29, 0.717) is 17.9 Å². The Morgan fingerprint density at radius 2 is 2.00 bits per heavy atom. The average Bonchev–Trinajstić information content (AvgIpc) is 3.29. The van der Waals surface area contributed by atoms with Gasteiger partial charge in [0, 0.05) is 6.26 Å². The van der Waals surface area contributed by atoms with Crippen molar-refractivity contribution in [3.8, 4) is 5.88 Å². The van der Waals surface area contributed by atoms with Gasteiger partial charge in [-0.2, -0.15) is 0 Å². The molecule has 0 saturated heterocycles. The topological polar surface area (TPSA) is 139 Å². The monoisotopic (exact) mass is 497 g/mol. The highest BCUT2D eigenvalue weighted by molar-refractivity contribution is 7.90. The van der Waals surface area contributed by atoms with E-state index in [4.69, 9.17) is 21.4 Å². The molecule has 2 aromatic rings. The molecule has 0 aliphatic heterocycles. The van der Waals surface area contributed by atoms with Crippen molar-refractivity contribution in [2.24, 2.45) is 5.92 Å². The predicted molar refractivity (Wildman–Crippen MR) is 123 cm³/mol. The van der Waals surface area contributed by atoms with Gasteiger partial charge < -0.3 is 20.3 Å². The van der Waals surface area contributed by atoms with Crippen molar-refractivity contribution in [2.45, 2.75) is 49.0 Å². The van der Waals surface area contributed by atoms with Crippen LogP contribution in [0.2, 0.25) is 5.02 Å². The third kappa shape index (κ3) is 7.10. The van der Waals surface area contributed by atoms with Gasteiger partial charge in [0.2, 0.25) is 11.8 Å². The van der Waals surface area contributed by atoms with Crippen LogP contribution in [0.4, 0.5) is 5.82 Å². The van der Waals surface area contributed by atoms with E-state index in [1.807, 2.05) is 0 Å². The number of aliphatic hydroxyl groups is 2. The maximum atomic E-state index is 13.2. The number of hydrogen-bond donors (Lipinski definition) is 3. The summed E-state index contributed by atoms with van der Waals surface area (Å²) in [6.45, 7) is -0.566. The molecule has 33 heavy (non-hydrogen) atoms. The van der Waals surface area contributed by atoms with Crippen LogP contribution in [-0.2, 0) is 14.6 Å². The first-order chi connectivity index (χ1) is 15.7. The fourth-order valence-electron chi connectivity index (χ4n) is 3.91. The highest BCUT2D eigenvalue weighted by Crippen LogP contribution is 2.36. The van der Waals surface area contributed by atoms with Gasteiger partial charge in [-0.15, -0.1) is 0 Å². The molecule has 2 atom stereocenters. The van der Waals surface area contributed by atoms with Crippen LogP contribution in [-0.4, -0.2) is 60.1 Å². The molecular formula is C22H28ClN3O6S. The van der Waals surface area contributed by atoms with Crippen molar-refractivity contribution in [3.63, 3.8) is 0 Å². The Labute approximate surface area is 198 Å². The lowest BCUT2D eigenvalue weighted by Gasteiger charge is -2.21. The SMILES string of the molecule is CS(=O)(=O)c1ccc(C(CC2CCCC2)C(=O)Nc2cnc(OC[C@H](O)CO)cn2)cc1Cl. The molecular weight excluding hydrogens is 470 g/mol. The van der Waals surface area contributed by atoms with Gasteiger partial charge in [0.15, 0.2) is 15.7 Å². The average molecular weight is 498 g/mol. The number of nitrogens with zero attached hydrogens (tertiary/aromatic N) is 2. The Kier molecular flexibility index (Phi) is 8.63. The number of aromatic nitrogens is 2. The second-order valence-corrected chi connectivity index (χ2v) is 10.7. The first-order valence-corrected chi connectivity index (χ1v) is 13.0. The fourth-order valence-corrected chi connectivity index (χ4v) is 5.25. The van der Waals surface area contributed by atoms with Crippen molar-refractivity contribution in [2.75, 3.05) is 24.8 Å². The summed E-state index contributed by atoms with van der Waals surface area (Å²) in [6.07, 6.45) is 7.68. The molecule has 11 heteroatoms. The molecule has 0 radical (unpaired) electrons. The first kappa shape index (κ1) is 25.4. The maximum Gasteiger partial charge on any atom is 0.233 e. The van der Waals surface area contributed by atoms with Crippen molar-refractivity contribution in [1.82, 2.24) is 9.97 Å². The lowest BCUT2D eigenvalue weighted by Crippen LogP contribution is -2.24. The zero-order chi connectivity index (χ0) is 24.0. The predicted octanol–water partition coefficient (Wildman–Crippen LogP) is 2.57. The molecule has 180 valence electrons. The van der Waals surface area contributed by atoms with Gasteiger partial charge >= 0.3 is 0 Å². The van der Waals surface area contributed by atoms with Crippen molar-refractivity contribution < 1.29 is 28.2 Å². The van der Waals surface area contributed by atoms with Gasteiger partial charge in [-0.1, -0.05) is 43.4 Å². The Balaban J connectivity index is 1.76. The largest absolute Gasteiger partial charge is 0.474 e. The number of carbonyl (C=O) groups is 1. The van der Waals surface area contributed by atoms with Crippen LogP contribution in [0.15, 0.2) is 35.5 Å². The van der Waals surface area contributed by atoms with Gasteiger partial charge in [0.1, 0.15) is 12.7 Å². The standard InChI is InChI=1S/C22H28ClN3O6S/c1-33(30,31)19-7-6-15(9-18(19)23)17(8-14-4-2-3-5-14)22(29)26-20-10-25-21(11-24-20)32-13-16(28)12-27/h6-7,9-11,14,16-17,27-28H,2-5,8,12-13H2,1H3,(H,24,26,29)/t16-,17?/m1/s1. The molecule has 1 unspecified atom stereocenters. The number of benzene rings is 1. The van der Waals surface area contributed by atoms with E-state index in [-0.39, 0.29) is 34.1 Å². The number of amides is 1. The van der Waals surface area contributed by atoms with Gasteiger partial charge in [-0.3, -0.25) is 4.79 Å². The summed E-state index contributed by atoms with van der Waals surface area (Å²) >= 11 is 6.24. The molecule has 0 bridgehead atoms. The lowest BCUT2D eigenvalue weighted by molar-refractivity contribution is -0.118. The Hall–Kier alpha value is -2.27. The Bertz CT molecular complexity index is 1060. The van der Waals surface area contributed by atoms with Crippen LogP contribution in [0.1, 0.15) is 43.6 Å². The van der Waals surface area contributed by atoms with Gasteiger partial charge in [-0.25, -0.2) is 18.4 Å². The number of ether oxygens (including phenoxy) is 1. The summed E-state index contributed by atoms with van der Waals surface area (Å²) in [4.78, 5) is 21.4. The Morgan fingerprint density at radius 1 is 1.27 bits per heavy atom. The summed E-state index contributed by atoms with van der Waals surface area (Å²) in [5.41, 5.74) is 0.641. The van der Waals surface area contributed by atoms with E-state index < -0.39 is 28.5 Å². The smallest absolute Gasteiger partial charge is 0.233 e. The van der Waals surface area contributed by atoms with Crippen molar-refractivity contribution in [1.29, 1.82) is 0 Å². The second-order valence-electron chi connectivity index (χ2n) is 8.28. The first-order valence-electron chi connectivity index (χ1n) is 10.7. The quantitative estimate of drug-likeness (QED) is 0.455. The highest BCUT2D eigenvalue weighted by atomic mass is 35.5. The van der Waals surface area contributed by atoms with E-state index in [9.17, 15) is 18.3 Å². The van der Waals surface area contributed by atoms with Crippen LogP contribution >= 0.6 is 11.6 Å². The summed E-state index contributed by atoms with van der Waals surface area (Å²) in [6, 6.07) is 4.62. The normalized spacial score (nSPS) is 16.4. The molecule has 1 saturated carbocycles. The molecule has 1 heterocycles. The number of halogens is 1. The minimum absolute atomic E-state index is 0.0284. The number of sulfone groups is 1. The number of nitrogens with one attached hydrogen (secondary N) is 1. The molecule has 1 aromatic heterocycles. The molecule has 1 amide bonds. The zero-order valence-corrected chi connectivity index (χ0v) is 19.8. The number of rotatable bonds is 10. The third-order valence-corrected chi connectivity index (χ3v) is 7.21. The summed E-state index contributed by atoms with van der Waals surface area (Å²) < 4.78 is 29.0. The molecule has 3 rings (SSSR count). The van der Waals surface area contributed by atoms with Gasteiger partial charge in [0.25, 0.3) is 0 Å². The van der Waals surface area contributed by atoms with Crippen molar-refractivity contribution in [3.05, 3.63) is 41.2 Å². The fraction of sp³-hybridized carbons (Fsp3) is 0.500. The van der Waals surface area contributed by atoms with Crippen LogP contribution in [0.25, 0.3) is 0 Å². The summed E-state index contributed by atoms with van der Waals surface area (Å²) in [5.74, 6) is -0.0502.